The number of amides is 1. The largest absolute Gasteiger partial charge is 0.466 e. The lowest BCUT2D eigenvalue weighted by molar-refractivity contribution is -0.143. The van der Waals surface area contributed by atoms with E-state index in [4.69, 9.17) is 4.74 Å². The van der Waals surface area contributed by atoms with Crippen molar-refractivity contribution in [1.82, 2.24) is 5.32 Å². The van der Waals surface area contributed by atoms with Crippen LogP contribution in [0.4, 0.5) is 0 Å². The Morgan fingerprint density at radius 3 is 0.877 bits per heavy atom. The van der Waals surface area contributed by atoms with Gasteiger partial charge >= 0.3 is 5.97 Å². The van der Waals surface area contributed by atoms with Crippen molar-refractivity contribution in [3.05, 3.63) is 36.5 Å². The van der Waals surface area contributed by atoms with Crippen LogP contribution in [-0.2, 0) is 14.3 Å². The number of rotatable bonds is 69. The lowest BCUT2D eigenvalue weighted by Gasteiger charge is -2.20. The van der Waals surface area contributed by atoms with Crippen LogP contribution >= 0.6 is 0 Å². The molecule has 2 atom stereocenters. The van der Waals surface area contributed by atoms with E-state index in [1.165, 1.54) is 334 Å². The van der Waals surface area contributed by atoms with E-state index in [9.17, 15) is 19.8 Å². The molecule has 0 saturated heterocycles. The molecule has 0 fully saturated rings. The maximum Gasteiger partial charge on any atom is 0.305 e. The summed E-state index contributed by atoms with van der Waals surface area (Å²) >= 11 is 0. The molecule has 0 radical (unpaired) electrons. The fourth-order valence-corrected chi connectivity index (χ4v) is 11.5. The van der Waals surface area contributed by atoms with Crippen LogP contribution in [0, 0.1) is 0 Å². The predicted molar refractivity (Wildman–Crippen MR) is 356 cm³/mol. The first-order chi connectivity index (χ1) is 40.0. The lowest BCUT2D eigenvalue weighted by Crippen LogP contribution is -2.45. The van der Waals surface area contributed by atoms with Crippen LogP contribution in [0.3, 0.4) is 0 Å². The number of unbranched alkanes of at least 4 members (excludes halogenated alkanes) is 54. The molecule has 1 amide bonds. The van der Waals surface area contributed by atoms with E-state index in [-0.39, 0.29) is 18.5 Å². The van der Waals surface area contributed by atoms with Gasteiger partial charge in [-0.2, -0.15) is 0 Å². The Morgan fingerprint density at radius 2 is 0.580 bits per heavy atom. The quantitative estimate of drug-likeness (QED) is 0.0320. The summed E-state index contributed by atoms with van der Waals surface area (Å²) in [6.45, 7) is 4.93. The molecule has 0 bridgehead atoms. The first-order valence-electron chi connectivity index (χ1n) is 36.8. The molecule has 2 unspecified atom stereocenters. The summed E-state index contributed by atoms with van der Waals surface area (Å²) in [4.78, 5) is 24.6. The molecule has 0 rings (SSSR count). The number of carbonyl (C=O) groups is 2. The number of hydrogen-bond acceptors (Lipinski definition) is 5. The molecule has 478 valence electrons. The predicted octanol–water partition coefficient (Wildman–Crippen LogP) is 23.9. The average molecular weight is 1140 g/mol. The Morgan fingerprint density at radius 1 is 0.333 bits per heavy atom. The molecule has 0 aliphatic rings. The summed E-state index contributed by atoms with van der Waals surface area (Å²) in [5.41, 5.74) is 0. The molecular weight excluding hydrogens is 995 g/mol. The second-order valence-electron chi connectivity index (χ2n) is 25.3. The van der Waals surface area contributed by atoms with Crippen LogP contribution < -0.4 is 5.32 Å². The SMILES string of the molecule is CCCCCCC/C=C\CCCCCCCC(=O)OCCCCCCCCCCCCCC/C=C\CCCCCCCCCCCCCC(=O)NC(CO)C(O)/C=C/CCCCCCCCCCCCCCCCCCCCCCC. The van der Waals surface area contributed by atoms with Crippen LogP contribution in [0.1, 0.15) is 406 Å². The number of carbonyl (C=O) groups excluding carboxylic acids is 2. The minimum atomic E-state index is -0.847. The highest BCUT2D eigenvalue weighted by atomic mass is 16.5. The fourth-order valence-electron chi connectivity index (χ4n) is 11.5. The van der Waals surface area contributed by atoms with Crippen LogP contribution in [-0.4, -0.2) is 47.4 Å². The van der Waals surface area contributed by atoms with Crippen molar-refractivity contribution in [3.8, 4) is 0 Å². The zero-order valence-corrected chi connectivity index (χ0v) is 54.8. The van der Waals surface area contributed by atoms with Gasteiger partial charge in [0.25, 0.3) is 0 Å². The molecule has 81 heavy (non-hydrogen) atoms. The molecule has 0 aromatic rings. The third kappa shape index (κ3) is 67.1. The summed E-state index contributed by atoms with van der Waals surface area (Å²) in [6.07, 6.45) is 90.9. The number of hydrogen-bond donors (Lipinski definition) is 3. The van der Waals surface area contributed by atoms with E-state index in [0.717, 1.165) is 44.9 Å². The highest BCUT2D eigenvalue weighted by Gasteiger charge is 2.18. The topological polar surface area (TPSA) is 95.9 Å². The van der Waals surface area contributed by atoms with Gasteiger partial charge in [0.1, 0.15) is 0 Å². The third-order valence-corrected chi connectivity index (χ3v) is 17.1. The second kappa shape index (κ2) is 70.6. The minimum absolute atomic E-state index is 0.00672. The van der Waals surface area contributed by atoms with Gasteiger partial charge < -0.3 is 20.3 Å². The van der Waals surface area contributed by atoms with Gasteiger partial charge in [-0.15, -0.1) is 0 Å². The van der Waals surface area contributed by atoms with Gasteiger partial charge in [0.2, 0.25) is 5.91 Å². The van der Waals surface area contributed by atoms with Crippen molar-refractivity contribution < 1.29 is 24.5 Å². The van der Waals surface area contributed by atoms with Crippen molar-refractivity contribution in [2.75, 3.05) is 13.2 Å². The normalized spacial score (nSPS) is 12.7. The number of aliphatic hydroxyl groups is 2. The van der Waals surface area contributed by atoms with Crippen LogP contribution in [0.15, 0.2) is 36.5 Å². The fraction of sp³-hybridized carbons (Fsp3) is 0.893. The first kappa shape index (κ1) is 79.1. The summed E-state index contributed by atoms with van der Waals surface area (Å²) in [5.74, 6) is -0.0580. The van der Waals surface area contributed by atoms with E-state index >= 15 is 0 Å². The number of allylic oxidation sites excluding steroid dienone is 5. The van der Waals surface area contributed by atoms with Crippen molar-refractivity contribution >= 4 is 11.9 Å². The number of nitrogens with one attached hydrogen (secondary N) is 1. The highest BCUT2D eigenvalue weighted by molar-refractivity contribution is 5.76. The smallest absolute Gasteiger partial charge is 0.305 e. The summed E-state index contributed by atoms with van der Waals surface area (Å²) < 4.78 is 5.49. The molecule has 0 heterocycles. The molecular formula is C75H143NO5. The van der Waals surface area contributed by atoms with Crippen LogP contribution in [0.5, 0.6) is 0 Å². The average Bonchev–Trinajstić information content (AvgIpc) is 3.47. The highest BCUT2D eigenvalue weighted by Crippen LogP contribution is 2.19. The van der Waals surface area contributed by atoms with E-state index in [1.807, 2.05) is 6.08 Å². The van der Waals surface area contributed by atoms with Gasteiger partial charge in [0, 0.05) is 12.8 Å². The van der Waals surface area contributed by atoms with Gasteiger partial charge in [-0.1, -0.05) is 346 Å². The molecule has 6 nitrogen and oxygen atoms in total. The maximum atomic E-state index is 12.5. The second-order valence-corrected chi connectivity index (χ2v) is 25.3. The van der Waals surface area contributed by atoms with Crippen molar-refractivity contribution in [3.63, 3.8) is 0 Å². The van der Waals surface area contributed by atoms with Gasteiger partial charge in [0.05, 0.1) is 25.4 Å². The van der Waals surface area contributed by atoms with Crippen molar-refractivity contribution in [2.45, 2.75) is 418 Å². The molecule has 0 spiro atoms. The van der Waals surface area contributed by atoms with Gasteiger partial charge in [0.15, 0.2) is 0 Å². The maximum absolute atomic E-state index is 12.5. The molecule has 0 aliphatic carbocycles. The summed E-state index contributed by atoms with van der Waals surface area (Å²) in [7, 11) is 0. The lowest BCUT2D eigenvalue weighted by atomic mass is 10.0. The van der Waals surface area contributed by atoms with E-state index in [0.29, 0.717) is 19.4 Å². The molecule has 0 aromatic heterocycles. The monoisotopic (exact) mass is 1140 g/mol. The molecule has 0 aliphatic heterocycles. The van der Waals surface area contributed by atoms with Gasteiger partial charge in [-0.25, -0.2) is 0 Å². The zero-order chi connectivity index (χ0) is 58.5. The van der Waals surface area contributed by atoms with E-state index in [2.05, 4.69) is 43.5 Å². The molecule has 3 N–H and O–H groups in total. The summed E-state index contributed by atoms with van der Waals surface area (Å²) in [6, 6.07) is -0.630. The zero-order valence-electron chi connectivity index (χ0n) is 54.8. The Kier molecular flexibility index (Phi) is 68.9. The number of aliphatic hydroxyl groups excluding tert-OH is 2. The van der Waals surface area contributed by atoms with Gasteiger partial charge in [-0.05, 0) is 83.5 Å². The van der Waals surface area contributed by atoms with Crippen LogP contribution in [0.25, 0.3) is 0 Å². The third-order valence-electron chi connectivity index (χ3n) is 17.1. The minimum Gasteiger partial charge on any atom is -0.466 e. The number of esters is 1. The Bertz CT molecular complexity index is 1310. The van der Waals surface area contributed by atoms with Crippen molar-refractivity contribution in [1.29, 1.82) is 0 Å². The number of ether oxygens (including phenoxy) is 1. The standard InChI is InChI=1S/C75H143NO5/c1-3-5-7-9-11-13-15-17-19-20-21-22-28-31-34-37-40-43-47-51-55-59-63-67-73(78)72(71-77)76-74(79)68-64-60-56-52-48-44-41-38-35-32-29-26-24-23-25-27-30-33-36-39-42-46-50-54-58-62-66-70-81-75(80)69-65-61-57-53-49-45-18-16-14-12-10-8-6-4-2/h16,18,23-24,63,67,72-73,77-78H,3-15,17,19-22,25-62,64-66,68-71H2,1-2H3,(H,76,79)/b18-16-,24-23-,67-63+. The Balaban J connectivity index is 3.41. The first-order valence-corrected chi connectivity index (χ1v) is 36.8. The summed E-state index contributed by atoms with van der Waals surface area (Å²) in [5, 5.41) is 23.3. The Labute approximate surface area is 506 Å². The molecule has 0 aromatic carbocycles. The molecule has 0 saturated carbocycles. The van der Waals surface area contributed by atoms with Gasteiger partial charge in [-0.3, -0.25) is 9.59 Å². The van der Waals surface area contributed by atoms with Crippen LogP contribution in [0.2, 0.25) is 0 Å². The Hall–Kier alpha value is -1.92. The van der Waals surface area contributed by atoms with Crippen molar-refractivity contribution in [2.24, 2.45) is 0 Å². The van der Waals surface area contributed by atoms with E-state index in [1.54, 1.807) is 6.08 Å². The molecule has 6 heteroatoms. The van der Waals surface area contributed by atoms with E-state index < -0.39 is 12.1 Å².